The molecule has 19 heavy (non-hydrogen) atoms. The second kappa shape index (κ2) is 6.25. The van der Waals surface area contributed by atoms with Crippen LogP contribution in [0.25, 0.3) is 0 Å². The first-order valence-electron chi connectivity index (χ1n) is 6.87. The number of benzene rings is 1. The summed E-state index contributed by atoms with van der Waals surface area (Å²) in [5, 5.41) is 9.30. The molecule has 0 aliphatic carbocycles. The van der Waals surface area contributed by atoms with Crippen molar-refractivity contribution in [2.24, 2.45) is 0 Å². The van der Waals surface area contributed by atoms with Gasteiger partial charge in [0.15, 0.2) is 0 Å². The van der Waals surface area contributed by atoms with Crippen LogP contribution in [-0.4, -0.2) is 48.8 Å². The molecule has 0 aromatic heterocycles. The first-order chi connectivity index (χ1) is 9.02. The Bertz CT molecular complexity index is 438. The van der Waals surface area contributed by atoms with E-state index in [1.165, 1.54) is 11.3 Å². The normalized spacial score (nSPS) is 24.8. The van der Waals surface area contributed by atoms with Gasteiger partial charge in [-0.25, -0.2) is 0 Å². The lowest BCUT2D eigenvalue weighted by atomic mass is 10.0. The van der Waals surface area contributed by atoms with Crippen molar-refractivity contribution < 1.29 is 5.11 Å². The van der Waals surface area contributed by atoms with Gasteiger partial charge in [0.25, 0.3) is 0 Å². The van der Waals surface area contributed by atoms with E-state index in [-0.39, 0.29) is 6.61 Å². The van der Waals surface area contributed by atoms with Crippen molar-refractivity contribution in [3.8, 4) is 0 Å². The molecule has 0 spiro atoms. The summed E-state index contributed by atoms with van der Waals surface area (Å²) in [4.78, 5) is 4.81. The van der Waals surface area contributed by atoms with Gasteiger partial charge >= 0.3 is 0 Å². The summed E-state index contributed by atoms with van der Waals surface area (Å²) in [6.07, 6.45) is 0.820. The highest BCUT2D eigenvalue weighted by Gasteiger charge is 2.30. The third kappa shape index (κ3) is 3.30. The molecule has 1 fully saturated rings. The number of hydrogen-bond donors (Lipinski definition) is 1. The quantitative estimate of drug-likeness (QED) is 0.925. The van der Waals surface area contributed by atoms with E-state index in [1.54, 1.807) is 0 Å². The number of rotatable bonds is 3. The number of piperazine rings is 1. The van der Waals surface area contributed by atoms with Crippen LogP contribution < -0.4 is 4.90 Å². The molecule has 1 aliphatic heterocycles. The second-order valence-electron chi connectivity index (χ2n) is 5.58. The van der Waals surface area contributed by atoms with Crippen molar-refractivity contribution in [2.75, 3.05) is 31.6 Å². The third-order valence-electron chi connectivity index (χ3n) is 3.88. The van der Waals surface area contributed by atoms with E-state index in [1.807, 2.05) is 0 Å². The van der Waals surface area contributed by atoms with Gasteiger partial charge < -0.3 is 14.9 Å². The van der Waals surface area contributed by atoms with Crippen LogP contribution in [0.4, 0.5) is 5.69 Å². The number of anilines is 1. The largest absolute Gasteiger partial charge is 0.396 e. The molecule has 2 rings (SSSR count). The molecular formula is C15H23BrN2O. The van der Waals surface area contributed by atoms with Crippen LogP contribution in [-0.2, 0) is 0 Å². The molecule has 106 valence electrons. The maximum atomic E-state index is 9.30. The molecule has 0 bridgehead atoms. The maximum Gasteiger partial charge on any atom is 0.0451 e. The summed E-state index contributed by atoms with van der Waals surface area (Å²) < 4.78 is 1.15. The SMILES string of the molecule is Cc1ccc(N2C(C)CN(C)CC2CCO)cc1Br. The summed E-state index contributed by atoms with van der Waals surface area (Å²) in [6.45, 7) is 6.68. The first kappa shape index (κ1) is 14.8. The maximum absolute atomic E-state index is 9.30. The summed E-state index contributed by atoms with van der Waals surface area (Å²) in [6, 6.07) is 7.38. The second-order valence-corrected chi connectivity index (χ2v) is 6.43. The first-order valence-corrected chi connectivity index (χ1v) is 7.66. The zero-order valence-corrected chi connectivity index (χ0v) is 13.5. The van der Waals surface area contributed by atoms with Crippen molar-refractivity contribution in [3.05, 3.63) is 28.2 Å². The van der Waals surface area contributed by atoms with E-state index >= 15 is 0 Å². The number of nitrogens with zero attached hydrogens (tertiary/aromatic N) is 2. The van der Waals surface area contributed by atoms with Gasteiger partial charge in [0.1, 0.15) is 0 Å². The van der Waals surface area contributed by atoms with E-state index in [9.17, 15) is 5.11 Å². The van der Waals surface area contributed by atoms with Gasteiger partial charge in [-0.05, 0) is 45.0 Å². The molecule has 0 saturated carbocycles. The summed E-state index contributed by atoms with van der Waals surface area (Å²) in [5.74, 6) is 0. The smallest absolute Gasteiger partial charge is 0.0451 e. The van der Waals surface area contributed by atoms with E-state index in [0.29, 0.717) is 12.1 Å². The number of halogens is 1. The zero-order valence-electron chi connectivity index (χ0n) is 11.9. The molecular weight excluding hydrogens is 304 g/mol. The van der Waals surface area contributed by atoms with E-state index in [4.69, 9.17) is 0 Å². The van der Waals surface area contributed by atoms with Crippen molar-refractivity contribution in [2.45, 2.75) is 32.4 Å². The minimum absolute atomic E-state index is 0.245. The van der Waals surface area contributed by atoms with Gasteiger partial charge in [-0.1, -0.05) is 22.0 Å². The molecule has 0 radical (unpaired) electrons. The lowest BCUT2D eigenvalue weighted by Gasteiger charge is -2.46. The van der Waals surface area contributed by atoms with Gasteiger partial charge in [0.2, 0.25) is 0 Å². The number of hydrogen-bond acceptors (Lipinski definition) is 3. The lowest BCUT2D eigenvalue weighted by molar-refractivity contribution is 0.198. The van der Waals surface area contributed by atoms with Crippen LogP contribution in [0.15, 0.2) is 22.7 Å². The Morgan fingerprint density at radius 3 is 2.74 bits per heavy atom. The van der Waals surface area contributed by atoms with Crippen LogP contribution >= 0.6 is 15.9 Å². The van der Waals surface area contributed by atoms with E-state index < -0.39 is 0 Å². The minimum Gasteiger partial charge on any atom is -0.396 e. The average Bonchev–Trinajstić information content (AvgIpc) is 2.33. The fraction of sp³-hybridized carbons (Fsp3) is 0.600. The molecule has 0 amide bonds. The van der Waals surface area contributed by atoms with Gasteiger partial charge in [0, 0.05) is 41.9 Å². The Kier molecular flexibility index (Phi) is 4.87. The fourth-order valence-electron chi connectivity index (χ4n) is 3.01. The Morgan fingerprint density at radius 2 is 2.11 bits per heavy atom. The van der Waals surface area contributed by atoms with Gasteiger partial charge in [0.05, 0.1) is 0 Å². The van der Waals surface area contributed by atoms with Crippen molar-refractivity contribution >= 4 is 21.6 Å². The van der Waals surface area contributed by atoms with Crippen molar-refractivity contribution in [1.29, 1.82) is 0 Å². The molecule has 1 aliphatic rings. The topological polar surface area (TPSA) is 26.7 Å². The van der Waals surface area contributed by atoms with Crippen LogP contribution in [0.1, 0.15) is 18.9 Å². The fourth-order valence-corrected chi connectivity index (χ4v) is 3.37. The van der Waals surface area contributed by atoms with E-state index in [2.05, 4.69) is 64.8 Å². The molecule has 1 N–H and O–H groups in total. The number of aryl methyl sites for hydroxylation is 1. The van der Waals surface area contributed by atoms with E-state index in [0.717, 1.165) is 24.0 Å². The number of likely N-dealkylation sites (N-methyl/N-ethyl adjacent to an activating group) is 1. The van der Waals surface area contributed by atoms with Crippen LogP contribution in [0.2, 0.25) is 0 Å². The molecule has 1 aromatic carbocycles. The molecule has 1 heterocycles. The Labute approximate surface area is 124 Å². The highest BCUT2D eigenvalue weighted by atomic mass is 79.9. The monoisotopic (exact) mass is 326 g/mol. The summed E-state index contributed by atoms with van der Waals surface area (Å²) in [5.41, 5.74) is 2.50. The van der Waals surface area contributed by atoms with Gasteiger partial charge in [-0.15, -0.1) is 0 Å². The van der Waals surface area contributed by atoms with Crippen LogP contribution in [0.3, 0.4) is 0 Å². The predicted octanol–water partition coefficient (Wildman–Crippen LogP) is 2.65. The summed E-state index contributed by atoms with van der Waals surface area (Å²) in [7, 11) is 2.16. The van der Waals surface area contributed by atoms with Crippen molar-refractivity contribution in [3.63, 3.8) is 0 Å². The molecule has 2 unspecified atom stereocenters. The molecule has 1 saturated heterocycles. The Hall–Kier alpha value is -0.580. The van der Waals surface area contributed by atoms with Crippen molar-refractivity contribution in [1.82, 2.24) is 4.90 Å². The number of aliphatic hydroxyl groups excluding tert-OH is 1. The predicted molar refractivity (Wildman–Crippen MR) is 83.8 cm³/mol. The molecule has 3 nitrogen and oxygen atoms in total. The standard InChI is InChI=1S/C15H23BrN2O/c1-11-4-5-13(8-15(11)16)18-12(2)9-17(3)10-14(18)6-7-19/h4-5,8,12,14,19H,6-7,9-10H2,1-3H3. The number of aliphatic hydroxyl groups is 1. The zero-order chi connectivity index (χ0) is 14.0. The minimum atomic E-state index is 0.245. The molecule has 1 aromatic rings. The average molecular weight is 327 g/mol. The molecule has 2 atom stereocenters. The molecule has 4 heteroatoms. The third-order valence-corrected chi connectivity index (χ3v) is 4.74. The van der Waals surface area contributed by atoms with Gasteiger partial charge in [-0.3, -0.25) is 0 Å². The van der Waals surface area contributed by atoms with Gasteiger partial charge in [-0.2, -0.15) is 0 Å². The van der Waals surface area contributed by atoms with Crippen LogP contribution in [0.5, 0.6) is 0 Å². The summed E-state index contributed by atoms with van der Waals surface area (Å²) >= 11 is 3.62. The Balaban J connectivity index is 2.29. The Morgan fingerprint density at radius 1 is 1.37 bits per heavy atom. The van der Waals surface area contributed by atoms with Crippen LogP contribution in [0, 0.1) is 6.92 Å². The highest BCUT2D eigenvalue weighted by Crippen LogP contribution is 2.29. The lowest BCUT2D eigenvalue weighted by Crippen LogP contribution is -2.57. The highest BCUT2D eigenvalue weighted by molar-refractivity contribution is 9.10.